The Balaban J connectivity index is 2.46. The third-order valence-electron chi connectivity index (χ3n) is 3.60. The fourth-order valence-corrected chi connectivity index (χ4v) is 2.31. The Bertz CT molecular complexity index is 309. The molecule has 108 valence electrons. The number of nitrogens with one attached hydrogen (secondary N) is 1. The summed E-state index contributed by atoms with van der Waals surface area (Å²) in [7, 11) is 0. The molecule has 1 N–H and O–H groups in total. The number of hydrogen-bond donors (Lipinski definition) is 1. The second-order valence-corrected chi connectivity index (χ2v) is 5.03. The molecule has 3 heteroatoms. The summed E-state index contributed by atoms with van der Waals surface area (Å²) in [5, 5.41) is 3.67. The first-order valence-corrected chi connectivity index (χ1v) is 7.64. The minimum Gasteiger partial charge on any atom is -0.314 e. The molecule has 1 heterocycles. The van der Waals surface area contributed by atoms with Gasteiger partial charge in [0.1, 0.15) is 0 Å². The molecule has 0 spiro atoms. The van der Waals surface area contributed by atoms with Gasteiger partial charge in [-0.25, -0.2) is 0 Å². The van der Waals surface area contributed by atoms with Crippen molar-refractivity contribution in [2.45, 2.75) is 46.1 Å². The van der Waals surface area contributed by atoms with Gasteiger partial charge in [-0.3, -0.25) is 4.98 Å². The molecule has 0 bridgehead atoms. The zero-order valence-corrected chi connectivity index (χ0v) is 12.7. The van der Waals surface area contributed by atoms with Crippen LogP contribution in [0.3, 0.4) is 0 Å². The highest BCUT2D eigenvalue weighted by atomic mass is 15.1. The molecule has 19 heavy (non-hydrogen) atoms. The van der Waals surface area contributed by atoms with Crippen LogP contribution in [0.25, 0.3) is 0 Å². The summed E-state index contributed by atoms with van der Waals surface area (Å²) in [6, 6.07) is 4.82. The quantitative estimate of drug-likeness (QED) is 0.703. The van der Waals surface area contributed by atoms with Gasteiger partial charge < -0.3 is 10.2 Å². The van der Waals surface area contributed by atoms with Crippen molar-refractivity contribution in [2.75, 3.05) is 26.2 Å². The van der Waals surface area contributed by atoms with Crippen LogP contribution in [0.1, 0.15) is 39.2 Å². The lowest BCUT2D eigenvalue weighted by atomic mass is 10.0. The lowest BCUT2D eigenvalue weighted by Crippen LogP contribution is -2.36. The first-order chi connectivity index (χ1) is 9.30. The molecule has 0 amide bonds. The van der Waals surface area contributed by atoms with E-state index in [1.54, 1.807) is 0 Å². The first kappa shape index (κ1) is 16.1. The lowest BCUT2D eigenvalue weighted by Gasteiger charge is -2.23. The van der Waals surface area contributed by atoms with Crippen LogP contribution in [0.2, 0.25) is 0 Å². The summed E-state index contributed by atoms with van der Waals surface area (Å²) < 4.78 is 0. The topological polar surface area (TPSA) is 28.2 Å². The average molecular weight is 263 g/mol. The van der Waals surface area contributed by atoms with Gasteiger partial charge >= 0.3 is 0 Å². The fourth-order valence-electron chi connectivity index (χ4n) is 2.31. The Labute approximate surface area is 118 Å². The molecular formula is C16H29N3. The molecule has 1 aromatic heterocycles. The molecule has 0 aromatic carbocycles. The van der Waals surface area contributed by atoms with E-state index in [1.807, 2.05) is 12.4 Å². The van der Waals surface area contributed by atoms with Crippen LogP contribution in [0, 0.1) is 0 Å². The Kier molecular flexibility index (Phi) is 8.43. The van der Waals surface area contributed by atoms with Gasteiger partial charge in [0.15, 0.2) is 0 Å². The molecule has 0 saturated heterocycles. The second-order valence-electron chi connectivity index (χ2n) is 5.03. The van der Waals surface area contributed by atoms with E-state index >= 15 is 0 Å². The molecule has 1 aromatic rings. The smallest absolute Gasteiger partial charge is 0.0270 e. The van der Waals surface area contributed by atoms with Crippen molar-refractivity contribution in [3.05, 3.63) is 30.1 Å². The van der Waals surface area contributed by atoms with E-state index in [4.69, 9.17) is 0 Å². The van der Waals surface area contributed by atoms with Gasteiger partial charge in [-0.15, -0.1) is 0 Å². The van der Waals surface area contributed by atoms with Gasteiger partial charge in [0.05, 0.1) is 0 Å². The third kappa shape index (κ3) is 6.69. The van der Waals surface area contributed by atoms with Crippen molar-refractivity contribution in [3.63, 3.8) is 0 Å². The molecule has 0 aliphatic heterocycles. The highest BCUT2D eigenvalue weighted by Gasteiger charge is 2.10. The second kappa shape index (κ2) is 9.93. The van der Waals surface area contributed by atoms with Crippen LogP contribution >= 0.6 is 0 Å². The normalized spacial score (nSPS) is 12.8. The molecule has 0 radical (unpaired) electrons. The van der Waals surface area contributed by atoms with Crippen molar-refractivity contribution in [3.8, 4) is 0 Å². The largest absolute Gasteiger partial charge is 0.314 e. The van der Waals surface area contributed by atoms with Crippen LogP contribution in [0.15, 0.2) is 24.5 Å². The Morgan fingerprint density at radius 1 is 1.16 bits per heavy atom. The Hall–Kier alpha value is -0.930. The van der Waals surface area contributed by atoms with Crippen LogP contribution < -0.4 is 5.32 Å². The summed E-state index contributed by atoms with van der Waals surface area (Å²) >= 11 is 0. The van der Waals surface area contributed by atoms with Crippen molar-refractivity contribution < 1.29 is 0 Å². The van der Waals surface area contributed by atoms with E-state index in [0.717, 1.165) is 26.1 Å². The van der Waals surface area contributed by atoms with Crippen LogP contribution in [0.4, 0.5) is 0 Å². The number of aromatic nitrogens is 1. The van der Waals surface area contributed by atoms with E-state index in [2.05, 4.69) is 48.1 Å². The number of pyridine rings is 1. The maximum atomic E-state index is 4.09. The van der Waals surface area contributed by atoms with E-state index < -0.39 is 0 Å². The standard InChI is InChI=1S/C16H29N3/c1-4-10-18-16(9-13-19(5-2)6-3)14-15-7-11-17-12-8-15/h7-8,11-12,16,18H,4-6,9-10,13-14H2,1-3H3. The van der Waals surface area contributed by atoms with Gasteiger partial charge in [-0.1, -0.05) is 20.8 Å². The monoisotopic (exact) mass is 263 g/mol. The van der Waals surface area contributed by atoms with E-state index in [0.29, 0.717) is 6.04 Å². The summed E-state index contributed by atoms with van der Waals surface area (Å²) in [6.07, 6.45) is 7.28. The number of hydrogen-bond acceptors (Lipinski definition) is 3. The maximum absolute atomic E-state index is 4.09. The summed E-state index contributed by atoms with van der Waals surface area (Å²) in [5.74, 6) is 0. The predicted octanol–water partition coefficient (Wildman–Crippen LogP) is 2.72. The molecule has 0 aliphatic rings. The van der Waals surface area contributed by atoms with Gasteiger partial charge in [-0.2, -0.15) is 0 Å². The Morgan fingerprint density at radius 2 is 1.84 bits per heavy atom. The van der Waals surface area contributed by atoms with Gasteiger partial charge in [-0.05, 0) is 63.1 Å². The zero-order valence-electron chi connectivity index (χ0n) is 12.7. The van der Waals surface area contributed by atoms with Crippen molar-refractivity contribution in [1.29, 1.82) is 0 Å². The van der Waals surface area contributed by atoms with Crippen molar-refractivity contribution >= 4 is 0 Å². The van der Waals surface area contributed by atoms with E-state index in [1.165, 1.54) is 24.9 Å². The molecule has 1 rings (SSSR count). The van der Waals surface area contributed by atoms with E-state index in [-0.39, 0.29) is 0 Å². The number of rotatable bonds is 10. The SMILES string of the molecule is CCCNC(CCN(CC)CC)Cc1ccncc1. The van der Waals surface area contributed by atoms with Crippen molar-refractivity contribution in [1.82, 2.24) is 15.2 Å². The Morgan fingerprint density at radius 3 is 2.42 bits per heavy atom. The summed E-state index contributed by atoms with van der Waals surface area (Å²) in [5.41, 5.74) is 1.38. The molecule has 1 atom stereocenters. The molecule has 3 nitrogen and oxygen atoms in total. The fraction of sp³-hybridized carbons (Fsp3) is 0.688. The number of nitrogens with zero attached hydrogens (tertiary/aromatic N) is 2. The summed E-state index contributed by atoms with van der Waals surface area (Å²) in [4.78, 5) is 6.58. The molecule has 0 saturated carbocycles. The predicted molar refractivity (Wildman–Crippen MR) is 82.4 cm³/mol. The minimum atomic E-state index is 0.572. The zero-order chi connectivity index (χ0) is 13.9. The molecule has 0 aliphatic carbocycles. The van der Waals surface area contributed by atoms with Crippen LogP contribution in [-0.2, 0) is 6.42 Å². The highest BCUT2D eigenvalue weighted by Crippen LogP contribution is 2.06. The third-order valence-corrected chi connectivity index (χ3v) is 3.60. The van der Waals surface area contributed by atoms with Crippen LogP contribution in [0.5, 0.6) is 0 Å². The van der Waals surface area contributed by atoms with Crippen LogP contribution in [-0.4, -0.2) is 42.1 Å². The molecule has 1 unspecified atom stereocenters. The molecule has 0 fully saturated rings. The van der Waals surface area contributed by atoms with Gasteiger partial charge in [0.25, 0.3) is 0 Å². The lowest BCUT2D eigenvalue weighted by molar-refractivity contribution is 0.280. The van der Waals surface area contributed by atoms with Gasteiger partial charge in [0.2, 0.25) is 0 Å². The molecular weight excluding hydrogens is 234 g/mol. The summed E-state index contributed by atoms with van der Waals surface area (Å²) in [6.45, 7) is 11.3. The maximum Gasteiger partial charge on any atom is 0.0270 e. The minimum absolute atomic E-state index is 0.572. The van der Waals surface area contributed by atoms with Gasteiger partial charge in [0, 0.05) is 18.4 Å². The van der Waals surface area contributed by atoms with Crippen molar-refractivity contribution in [2.24, 2.45) is 0 Å². The first-order valence-electron chi connectivity index (χ1n) is 7.64. The highest BCUT2D eigenvalue weighted by molar-refractivity contribution is 5.11. The van der Waals surface area contributed by atoms with E-state index in [9.17, 15) is 0 Å². The average Bonchev–Trinajstić information content (AvgIpc) is 2.46.